The van der Waals surface area contributed by atoms with Gasteiger partial charge in [0.25, 0.3) is 0 Å². The largest absolute Gasteiger partial charge is 0.431 e. The molecule has 0 aliphatic rings. The lowest BCUT2D eigenvalue weighted by Crippen LogP contribution is -1.98. The molecular weight excluding hydrogens is 304 g/mol. The predicted molar refractivity (Wildman–Crippen MR) is 92.3 cm³/mol. The molecule has 0 aromatic heterocycles. The van der Waals surface area contributed by atoms with E-state index in [2.05, 4.69) is 0 Å². The average Bonchev–Trinajstić information content (AvgIpc) is 2.62. The highest BCUT2D eigenvalue weighted by Crippen LogP contribution is 2.02. The molecular formula is C20H16O4. The van der Waals surface area contributed by atoms with Crippen molar-refractivity contribution in [2.24, 2.45) is 0 Å². The van der Waals surface area contributed by atoms with Crippen LogP contribution in [0.25, 0.3) is 12.2 Å². The highest BCUT2D eigenvalue weighted by Gasteiger charge is 1.98. The van der Waals surface area contributed by atoms with Gasteiger partial charge in [-0.1, -0.05) is 60.7 Å². The summed E-state index contributed by atoms with van der Waals surface area (Å²) in [4.78, 5) is 22.9. The Morgan fingerprint density at radius 2 is 1.00 bits per heavy atom. The third-order valence-corrected chi connectivity index (χ3v) is 2.84. The van der Waals surface area contributed by atoms with Crippen molar-refractivity contribution < 1.29 is 19.1 Å². The maximum absolute atomic E-state index is 11.4. The van der Waals surface area contributed by atoms with Crippen molar-refractivity contribution in [2.45, 2.75) is 0 Å². The van der Waals surface area contributed by atoms with E-state index >= 15 is 0 Å². The maximum Gasteiger partial charge on any atom is 0.335 e. The monoisotopic (exact) mass is 320 g/mol. The molecule has 24 heavy (non-hydrogen) atoms. The Labute approximate surface area is 140 Å². The van der Waals surface area contributed by atoms with E-state index in [-0.39, 0.29) is 0 Å². The highest BCUT2D eigenvalue weighted by molar-refractivity contribution is 5.92. The number of carbonyl (C=O) groups excluding carboxylic acids is 2. The Hall–Kier alpha value is -3.40. The molecule has 0 aliphatic heterocycles. The molecule has 0 unspecified atom stereocenters. The van der Waals surface area contributed by atoms with E-state index in [9.17, 15) is 9.59 Å². The van der Waals surface area contributed by atoms with Gasteiger partial charge in [0.1, 0.15) is 0 Å². The number of hydrogen-bond acceptors (Lipinski definition) is 4. The smallest absolute Gasteiger partial charge is 0.335 e. The van der Waals surface area contributed by atoms with Crippen LogP contribution in [-0.4, -0.2) is 11.9 Å². The van der Waals surface area contributed by atoms with Crippen LogP contribution in [0.5, 0.6) is 0 Å². The second kappa shape index (κ2) is 9.58. The first-order chi connectivity index (χ1) is 11.7. The van der Waals surface area contributed by atoms with Crippen molar-refractivity contribution in [3.63, 3.8) is 0 Å². The number of benzene rings is 2. The van der Waals surface area contributed by atoms with E-state index in [1.54, 1.807) is 12.2 Å². The summed E-state index contributed by atoms with van der Waals surface area (Å²) in [6, 6.07) is 18.8. The molecule has 0 radical (unpaired) electrons. The van der Waals surface area contributed by atoms with Gasteiger partial charge in [0.15, 0.2) is 0 Å². The normalized spacial score (nSPS) is 11.2. The Kier molecular flexibility index (Phi) is 6.77. The van der Waals surface area contributed by atoms with Gasteiger partial charge in [0.05, 0.1) is 12.5 Å². The second-order valence-electron chi connectivity index (χ2n) is 4.63. The van der Waals surface area contributed by atoms with E-state index in [0.29, 0.717) is 0 Å². The fourth-order valence-corrected chi connectivity index (χ4v) is 1.70. The van der Waals surface area contributed by atoms with Crippen molar-refractivity contribution in [3.05, 3.63) is 96.5 Å². The van der Waals surface area contributed by atoms with Crippen LogP contribution in [0.2, 0.25) is 0 Å². The summed E-state index contributed by atoms with van der Waals surface area (Å²) >= 11 is 0. The first kappa shape index (κ1) is 17.0. The van der Waals surface area contributed by atoms with Crippen molar-refractivity contribution in [1.82, 2.24) is 0 Å². The topological polar surface area (TPSA) is 52.6 Å². The summed E-state index contributed by atoms with van der Waals surface area (Å²) in [5.41, 5.74) is 1.81. The lowest BCUT2D eigenvalue weighted by atomic mass is 10.2. The molecule has 0 saturated heterocycles. The van der Waals surface area contributed by atoms with E-state index < -0.39 is 11.9 Å². The molecule has 2 rings (SSSR count). The van der Waals surface area contributed by atoms with Gasteiger partial charge in [-0.25, -0.2) is 9.59 Å². The third kappa shape index (κ3) is 6.58. The average molecular weight is 320 g/mol. The molecule has 4 nitrogen and oxygen atoms in total. The number of ether oxygens (including phenoxy) is 2. The Morgan fingerprint density at radius 1 is 0.625 bits per heavy atom. The number of rotatable bonds is 6. The number of hydrogen-bond donors (Lipinski definition) is 0. The second-order valence-corrected chi connectivity index (χ2v) is 4.63. The zero-order valence-electron chi connectivity index (χ0n) is 12.9. The Morgan fingerprint density at radius 3 is 1.38 bits per heavy atom. The van der Waals surface area contributed by atoms with Gasteiger partial charge in [0.2, 0.25) is 0 Å². The van der Waals surface area contributed by atoms with Crippen LogP contribution < -0.4 is 0 Å². The van der Waals surface area contributed by atoms with Gasteiger partial charge >= 0.3 is 11.9 Å². The van der Waals surface area contributed by atoms with Crippen molar-refractivity contribution in [1.29, 1.82) is 0 Å². The molecule has 0 bridgehead atoms. The van der Waals surface area contributed by atoms with Crippen LogP contribution in [0.15, 0.2) is 85.3 Å². The summed E-state index contributed by atoms with van der Waals surface area (Å²) in [5, 5.41) is 0. The Bertz CT molecular complexity index is 678. The lowest BCUT2D eigenvalue weighted by Gasteiger charge is -1.95. The minimum absolute atomic E-state index is 0.661. The predicted octanol–water partition coefficient (Wildman–Crippen LogP) is 3.97. The molecule has 0 N–H and O–H groups in total. The van der Waals surface area contributed by atoms with E-state index in [4.69, 9.17) is 9.47 Å². The molecule has 0 heterocycles. The SMILES string of the molecule is O=C(/C=C\C(=O)O/C=C/c1ccccc1)O/C=C/c1ccccc1. The quantitative estimate of drug-likeness (QED) is 0.459. The van der Waals surface area contributed by atoms with Crippen LogP contribution in [0.1, 0.15) is 11.1 Å². The minimum Gasteiger partial charge on any atom is -0.431 e. The van der Waals surface area contributed by atoms with Crippen molar-refractivity contribution >= 4 is 24.1 Å². The molecule has 0 fully saturated rings. The highest BCUT2D eigenvalue weighted by atomic mass is 16.5. The Balaban J connectivity index is 1.73. The fraction of sp³-hybridized carbons (Fsp3) is 0. The summed E-state index contributed by atoms with van der Waals surface area (Å²) in [7, 11) is 0. The van der Waals surface area contributed by atoms with E-state index in [1.807, 2.05) is 60.7 Å². The van der Waals surface area contributed by atoms with Crippen LogP contribution in [-0.2, 0) is 19.1 Å². The standard InChI is InChI=1S/C20H16O4/c21-19(23-15-13-17-7-3-1-4-8-17)11-12-20(22)24-16-14-18-9-5-2-6-10-18/h1-16H/b12-11-,15-13+,16-14+. The van der Waals surface area contributed by atoms with Gasteiger partial charge in [0, 0.05) is 12.2 Å². The van der Waals surface area contributed by atoms with Crippen LogP contribution in [0, 0.1) is 0 Å². The molecule has 2 aromatic rings. The molecule has 0 atom stereocenters. The lowest BCUT2D eigenvalue weighted by molar-refractivity contribution is -0.135. The van der Waals surface area contributed by atoms with Gasteiger partial charge in [-0.3, -0.25) is 0 Å². The van der Waals surface area contributed by atoms with Crippen LogP contribution in [0.4, 0.5) is 0 Å². The van der Waals surface area contributed by atoms with Crippen LogP contribution >= 0.6 is 0 Å². The van der Waals surface area contributed by atoms with Crippen LogP contribution in [0.3, 0.4) is 0 Å². The first-order valence-corrected chi connectivity index (χ1v) is 7.26. The van der Waals surface area contributed by atoms with Crippen molar-refractivity contribution in [2.75, 3.05) is 0 Å². The van der Waals surface area contributed by atoms with E-state index in [0.717, 1.165) is 23.3 Å². The molecule has 0 amide bonds. The van der Waals surface area contributed by atoms with Gasteiger partial charge in [-0.15, -0.1) is 0 Å². The first-order valence-electron chi connectivity index (χ1n) is 7.26. The number of esters is 2. The summed E-state index contributed by atoms with van der Waals surface area (Å²) in [6.07, 6.45) is 7.84. The molecule has 120 valence electrons. The zero-order valence-corrected chi connectivity index (χ0v) is 12.9. The minimum atomic E-state index is -0.661. The summed E-state index contributed by atoms with van der Waals surface area (Å²) in [5.74, 6) is -1.32. The zero-order chi connectivity index (χ0) is 17.0. The molecule has 0 spiro atoms. The summed E-state index contributed by atoms with van der Waals surface area (Å²) < 4.78 is 9.68. The molecule has 0 aliphatic carbocycles. The summed E-state index contributed by atoms with van der Waals surface area (Å²) in [6.45, 7) is 0. The maximum atomic E-state index is 11.4. The van der Waals surface area contributed by atoms with Gasteiger partial charge < -0.3 is 9.47 Å². The van der Waals surface area contributed by atoms with E-state index in [1.165, 1.54) is 12.5 Å². The van der Waals surface area contributed by atoms with Gasteiger partial charge in [-0.2, -0.15) is 0 Å². The molecule has 2 aromatic carbocycles. The fourth-order valence-electron chi connectivity index (χ4n) is 1.70. The molecule has 0 saturated carbocycles. The molecule has 4 heteroatoms. The van der Waals surface area contributed by atoms with Crippen molar-refractivity contribution in [3.8, 4) is 0 Å². The number of carbonyl (C=O) groups is 2. The van der Waals surface area contributed by atoms with Gasteiger partial charge in [-0.05, 0) is 23.3 Å². The third-order valence-electron chi connectivity index (χ3n) is 2.84.